The van der Waals surface area contributed by atoms with Crippen molar-refractivity contribution in [3.63, 3.8) is 0 Å². The normalized spacial score (nSPS) is 24.5. The zero-order chi connectivity index (χ0) is 12.8. The van der Waals surface area contributed by atoms with E-state index in [2.05, 4.69) is 15.9 Å². The van der Waals surface area contributed by atoms with Crippen LogP contribution in [0.3, 0.4) is 0 Å². The summed E-state index contributed by atoms with van der Waals surface area (Å²) in [5.41, 5.74) is 0.461. The van der Waals surface area contributed by atoms with E-state index in [1.54, 1.807) is 0 Å². The zero-order valence-corrected chi connectivity index (χ0v) is 15.5. The van der Waals surface area contributed by atoms with E-state index < -0.39 is 0 Å². The number of halogens is 1. The Balaban J connectivity index is 2.13. The van der Waals surface area contributed by atoms with E-state index in [0.717, 1.165) is 34.3 Å². The molecule has 3 heteroatoms. The average Bonchev–Trinajstić information content (AvgIpc) is 2.47. The molecule has 2 aliphatic carbocycles. The van der Waals surface area contributed by atoms with Gasteiger partial charge in [-0.3, -0.25) is 0 Å². The lowest BCUT2D eigenvalue weighted by Crippen LogP contribution is -2.45. The number of hydrogen-bond acceptors (Lipinski definition) is 1. The summed E-state index contributed by atoms with van der Waals surface area (Å²) in [5, 5.41) is 1.16. The molecule has 2 fully saturated rings. The smallest absolute Gasteiger partial charge is 0.145 e. The summed E-state index contributed by atoms with van der Waals surface area (Å²) < 4.78 is 5.81. The van der Waals surface area contributed by atoms with E-state index in [4.69, 9.17) is 4.43 Å². The van der Waals surface area contributed by atoms with E-state index in [9.17, 15) is 0 Å². The summed E-state index contributed by atoms with van der Waals surface area (Å²) in [4.78, 5) is 0. The molecule has 0 radical (unpaired) electrons. The Labute approximate surface area is 124 Å². The van der Waals surface area contributed by atoms with Crippen molar-refractivity contribution in [2.24, 2.45) is 17.3 Å². The Bertz CT molecular complexity index is 217. The van der Waals surface area contributed by atoms with E-state index in [-0.39, 0.29) is 0 Å². The quantitative estimate of drug-likeness (QED) is 0.549. The molecule has 0 bridgehead atoms. The van der Waals surface area contributed by atoms with Gasteiger partial charge in [-0.25, -0.2) is 0 Å². The summed E-state index contributed by atoms with van der Waals surface area (Å²) in [6.45, 7) is 1.03. The number of alkyl halides is 1. The van der Waals surface area contributed by atoms with Crippen LogP contribution in [-0.4, -0.2) is 22.4 Å². The molecule has 0 amide bonds. The first-order chi connectivity index (χ1) is 8.83. The average molecular weight is 333 g/mol. The van der Waals surface area contributed by atoms with Gasteiger partial charge >= 0.3 is 0 Å². The summed E-state index contributed by atoms with van der Waals surface area (Å²) in [5.74, 6) is 1.84. The molecule has 0 unspecified atom stereocenters. The predicted octanol–water partition coefficient (Wildman–Crippen LogP) is 3.83. The van der Waals surface area contributed by atoms with Crippen molar-refractivity contribution in [3.05, 3.63) is 0 Å². The first-order valence-corrected chi connectivity index (χ1v) is 9.82. The molecule has 0 aromatic rings. The summed E-state index contributed by atoms with van der Waals surface area (Å²) in [6, 6.07) is 0. The van der Waals surface area contributed by atoms with Crippen LogP contribution in [0.1, 0.15) is 64.2 Å². The van der Waals surface area contributed by atoms with Gasteiger partial charge in [0.05, 0.1) is 0 Å². The zero-order valence-electron chi connectivity index (χ0n) is 11.9. The molecule has 0 N–H and O–H groups in total. The van der Waals surface area contributed by atoms with Crippen molar-refractivity contribution in [3.8, 4) is 0 Å². The van der Waals surface area contributed by atoms with Gasteiger partial charge in [0, 0.05) is 17.4 Å². The molecule has 2 saturated carbocycles. The van der Waals surface area contributed by atoms with Crippen LogP contribution in [0.25, 0.3) is 0 Å². The van der Waals surface area contributed by atoms with Gasteiger partial charge in [0.25, 0.3) is 0 Å². The Kier molecular flexibility index (Phi) is 6.22. The fourth-order valence-electron chi connectivity index (χ4n) is 4.45. The molecule has 0 heterocycles. The van der Waals surface area contributed by atoms with Gasteiger partial charge in [-0.05, 0) is 37.5 Å². The first kappa shape index (κ1) is 15.1. The van der Waals surface area contributed by atoms with Gasteiger partial charge in [-0.1, -0.05) is 54.5 Å². The van der Waals surface area contributed by atoms with Crippen molar-refractivity contribution < 1.29 is 4.43 Å². The topological polar surface area (TPSA) is 9.23 Å². The fourth-order valence-corrected chi connectivity index (χ4v) is 6.06. The van der Waals surface area contributed by atoms with Crippen LogP contribution < -0.4 is 0 Å². The second-order valence-corrected chi connectivity index (χ2v) is 7.61. The molecule has 18 heavy (non-hydrogen) atoms. The van der Waals surface area contributed by atoms with Crippen LogP contribution in [0.4, 0.5) is 0 Å². The van der Waals surface area contributed by atoms with E-state index in [0.29, 0.717) is 5.41 Å². The largest absolute Gasteiger partial charge is 0.427 e. The highest BCUT2D eigenvalue weighted by molar-refractivity contribution is 9.09. The Morgan fingerprint density at radius 3 is 1.67 bits per heavy atom. The molecular formula is C15H29BrOSi. The molecule has 2 aliphatic rings. The van der Waals surface area contributed by atoms with Crippen LogP contribution in [0.15, 0.2) is 0 Å². The maximum absolute atomic E-state index is 5.81. The molecular weight excluding hydrogens is 304 g/mol. The molecule has 0 saturated heterocycles. The minimum absolute atomic E-state index is 0.461. The first-order valence-electron chi connectivity index (χ1n) is 7.88. The lowest BCUT2D eigenvalue weighted by molar-refractivity contribution is 0.00414. The van der Waals surface area contributed by atoms with Crippen molar-refractivity contribution in [2.45, 2.75) is 64.2 Å². The van der Waals surface area contributed by atoms with Crippen molar-refractivity contribution >= 4 is 26.4 Å². The maximum atomic E-state index is 5.81. The summed E-state index contributed by atoms with van der Waals surface area (Å²) in [6.07, 6.45) is 14.5. The minimum atomic E-state index is 0.461. The SMILES string of the molecule is [SiH3]OCC(CBr)(C1CCCCC1)C1CCCCC1. The summed E-state index contributed by atoms with van der Waals surface area (Å²) >= 11 is 3.88. The van der Waals surface area contributed by atoms with Crippen LogP contribution in [-0.2, 0) is 4.43 Å². The van der Waals surface area contributed by atoms with Gasteiger partial charge in [-0.2, -0.15) is 0 Å². The van der Waals surface area contributed by atoms with Crippen molar-refractivity contribution in [1.82, 2.24) is 0 Å². The van der Waals surface area contributed by atoms with Crippen molar-refractivity contribution in [2.75, 3.05) is 11.9 Å². The molecule has 0 spiro atoms. The number of hydrogen-bond donors (Lipinski definition) is 0. The van der Waals surface area contributed by atoms with Crippen molar-refractivity contribution in [1.29, 1.82) is 0 Å². The van der Waals surface area contributed by atoms with E-state index in [1.165, 1.54) is 64.2 Å². The molecule has 2 rings (SSSR count). The highest BCUT2D eigenvalue weighted by Gasteiger charge is 2.44. The third-order valence-electron chi connectivity index (χ3n) is 5.50. The fraction of sp³-hybridized carbons (Fsp3) is 1.00. The Morgan fingerprint density at radius 1 is 0.889 bits per heavy atom. The third kappa shape index (κ3) is 3.21. The molecule has 0 aromatic carbocycles. The minimum Gasteiger partial charge on any atom is -0.427 e. The Hall–Kier alpha value is 0.657. The lowest BCUT2D eigenvalue weighted by Gasteiger charge is -2.48. The van der Waals surface area contributed by atoms with Crippen LogP contribution in [0.5, 0.6) is 0 Å². The second-order valence-electron chi connectivity index (χ2n) is 6.47. The number of rotatable bonds is 5. The van der Waals surface area contributed by atoms with Gasteiger partial charge < -0.3 is 4.43 Å². The van der Waals surface area contributed by atoms with Crippen LogP contribution in [0.2, 0.25) is 0 Å². The highest BCUT2D eigenvalue weighted by Crippen LogP contribution is 2.50. The maximum Gasteiger partial charge on any atom is 0.145 e. The highest BCUT2D eigenvalue weighted by atomic mass is 79.9. The molecule has 0 atom stereocenters. The van der Waals surface area contributed by atoms with E-state index >= 15 is 0 Å². The van der Waals surface area contributed by atoms with Gasteiger partial charge in [0.1, 0.15) is 10.5 Å². The predicted molar refractivity (Wildman–Crippen MR) is 85.3 cm³/mol. The molecule has 0 aromatic heterocycles. The summed E-state index contributed by atoms with van der Waals surface area (Å²) in [7, 11) is 0.894. The molecule has 1 nitrogen and oxygen atoms in total. The van der Waals surface area contributed by atoms with Crippen LogP contribution >= 0.6 is 15.9 Å². The molecule has 0 aliphatic heterocycles. The van der Waals surface area contributed by atoms with Gasteiger partial charge in [0.2, 0.25) is 0 Å². The van der Waals surface area contributed by atoms with Crippen LogP contribution in [0, 0.1) is 17.3 Å². The lowest BCUT2D eigenvalue weighted by atomic mass is 9.60. The second kappa shape index (κ2) is 7.44. The third-order valence-corrected chi connectivity index (χ3v) is 6.83. The standard InChI is InChI=1S/C15H29BrOSi/c16-11-15(12-17-18,13-7-3-1-4-8-13)14-9-5-2-6-10-14/h13-14H,1-12H2,18H3. The monoisotopic (exact) mass is 332 g/mol. The molecule has 106 valence electrons. The van der Waals surface area contributed by atoms with Gasteiger partial charge in [0.15, 0.2) is 0 Å². The Morgan fingerprint density at radius 2 is 1.33 bits per heavy atom. The van der Waals surface area contributed by atoms with Gasteiger partial charge in [-0.15, -0.1) is 0 Å². The van der Waals surface area contributed by atoms with E-state index in [1.807, 2.05) is 0 Å².